The van der Waals surface area contributed by atoms with Gasteiger partial charge in [-0.1, -0.05) is 26.8 Å². The number of urea groups is 1. The van der Waals surface area contributed by atoms with Crippen molar-refractivity contribution in [3.05, 3.63) is 23.8 Å². The first-order valence-corrected chi connectivity index (χ1v) is 11.8. The van der Waals surface area contributed by atoms with E-state index in [0.717, 1.165) is 43.1 Å². The third-order valence-electron chi connectivity index (χ3n) is 6.53. The van der Waals surface area contributed by atoms with Gasteiger partial charge in [-0.05, 0) is 57.0 Å². The number of carbonyl (C=O) groups excluding carboxylic acids is 2. The second kappa shape index (κ2) is 10.8. The summed E-state index contributed by atoms with van der Waals surface area (Å²) >= 11 is 0. The van der Waals surface area contributed by atoms with Crippen molar-refractivity contribution in [3.63, 3.8) is 0 Å². The maximum atomic E-state index is 13.4. The number of fused-ring (bicyclic) bond motifs is 1. The zero-order valence-corrected chi connectivity index (χ0v) is 19.5. The Hall–Kier alpha value is -2.28. The zero-order chi connectivity index (χ0) is 22.4. The number of hydrogen-bond acceptors (Lipinski definition) is 4. The molecule has 0 aromatic heterocycles. The van der Waals surface area contributed by atoms with Crippen molar-refractivity contribution < 1.29 is 14.3 Å². The molecule has 1 N–H and O–H groups in total. The first-order chi connectivity index (χ1) is 15.0. The van der Waals surface area contributed by atoms with Crippen molar-refractivity contribution in [1.82, 2.24) is 15.1 Å². The van der Waals surface area contributed by atoms with Gasteiger partial charge in [0.2, 0.25) is 5.91 Å². The summed E-state index contributed by atoms with van der Waals surface area (Å²) in [5, 5.41) is 3.08. The Labute approximate surface area is 186 Å². The van der Waals surface area contributed by atoms with Gasteiger partial charge in [-0.25, -0.2) is 4.79 Å². The molecule has 3 rings (SSSR count). The highest BCUT2D eigenvalue weighted by molar-refractivity contribution is 5.94. The number of nitrogens with zero attached hydrogens (tertiary/aromatic N) is 3. The number of amides is 3. The van der Waals surface area contributed by atoms with E-state index in [1.165, 1.54) is 0 Å². The number of aryl methyl sites for hydroxylation is 1. The predicted molar refractivity (Wildman–Crippen MR) is 124 cm³/mol. The zero-order valence-electron chi connectivity index (χ0n) is 19.5. The minimum Gasteiger partial charge on any atom is -0.486 e. The monoisotopic (exact) mass is 430 g/mol. The number of likely N-dealkylation sites (N-methyl/N-ethyl adjacent to an activating group) is 1. The molecule has 7 heteroatoms. The molecule has 0 saturated carbocycles. The summed E-state index contributed by atoms with van der Waals surface area (Å²) in [6.45, 7) is 13.7. The van der Waals surface area contributed by atoms with Gasteiger partial charge >= 0.3 is 6.03 Å². The third kappa shape index (κ3) is 5.70. The first kappa shape index (κ1) is 23.4. The molecule has 0 unspecified atom stereocenters. The Morgan fingerprint density at radius 2 is 1.87 bits per heavy atom. The summed E-state index contributed by atoms with van der Waals surface area (Å²) < 4.78 is 6.05. The molecule has 1 atom stereocenters. The van der Waals surface area contributed by atoms with E-state index in [1.807, 2.05) is 34.9 Å². The second-order valence-electron chi connectivity index (χ2n) is 8.59. The number of benzene rings is 1. The lowest BCUT2D eigenvalue weighted by Crippen LogP contribution is -2.52. The van der Waals surface area contributed by atoms with Crippen LogP contribution in [0.5, 0.6) is 5.75 Å². The number of anilines is 1. The van der Waals surface area contributed by atoms with Gasteiger partial charge in [-0.15, -0.1) is 0 Å². The van der Waals surface area contributed by atoms with Crippen molar-refractivity contribution >= 4 is 17.6 Å². The van der Waals surface area contributed by atoms with Crippen molar-refractivity contribution in [2.45, 2.75) is 53.1 Å². The summed E-state index contributed by atoms with van der Waals surface area (Å²) in [6.07, 6.45) is 2.29. The van der Waals surface area contributed by atoms with Crippen LogP contribution in [0.2, 0.25) is 0 Å². The van der Waals surface area contributed by atoms with E-state index in [4.69, 9.17) is 4.74 Å². The average Bonchev–Trinajstić information content (AvgIpc) is 2.80. The molecule has 2 aliphatic heterocycles. The second-order valence-corrected chi connectivity index (χ2v) is 8.59. The van der Waals surface area contributed by atoms with Crippen molar-refractivity contribution in [2.75, 3.05) is 50.7 Å². The first-order valence-electron chi connectivity index (χ1n) is 11.8. The molecule has 1 aromatic rings. The lowest BCUT2D eigenvalue weighted by Gasteiger charge is -2.39. The van der Waals surface area contributed by atoms with Crippen LogP contribution in [0.4, 0.5) is 10.5 Å². The number of likely N-dealkylation sites (tertiary alicyclic amines) is 1. The molecule has 0 radical (unpaired) electrons. The van der Waals surface area contributed by atoms with E-state index in [2.05, 4.69) is 31.0 Å². The van der Waals surface area contributed by atoms with Crippen LogP contribution in [-0.2, 0) is 4.79 Å². The van der Waals surface area contributed by atoms with E-state index < -0.39 is 0 Å². The summed E-state index contributed by atoms with van der Waals surface area (Å²) in [6, 6.07) is 6.02. The fraction of sp³-hybridized carbons (Fsp3) is 0.667. The SMILES string of the molecule is CC[C@H]1CN(C(=O)N2CCC(C(=O)NCCN(CC)CC)CC2)c2cc(C)ccc2O1. The quantitative estimate of drug-likeness (QED) is 0.721. The topological polar surface area (TPSA) is 65.1 Å². The number of nitrogens with one attached hydrogen (secondary N) is 1. The number of piperidine rings is 1. The van der Waals surface area contributed by atoms with Crippen LogP contribution in [0.15, 0.2) is 18.2 Å². The minimum absolute atomic E-state index is 0.00767. The third-order valence-corrected chi connectivity index (χ3v) is 6.53. The Bertz CT molecular complexity index is 757. The Morgan fingerprint density at radius 3 is 2.52 bits per heavy atom. The summed E-state index contributed by atoms with van der Waals surface area (Å²) in [4.78, 5) is 32.0. The predicted octanol–water partition coefficient (Wildman–Crippen LogP) is 3.26. The molecule has 2 heterocycles. The molecule has 1 saturated heterocycles. The molecule has 31 heavy (non-hydrogen) atoms. The Morgan fingerprint density at radius 1 is 1.16 bits per heavy atom. The van der Waals surface area contributed by atoms with Gasteiger partial charge in [0.15, 0.2) is 0 Å². The van der Waals surface area contributed by atoms with Crippen LogP contribution in [0, 0.1) is 12.8 Å². The van der Waals surface area contributed by atoms with Crippen LogP contribution in [0.1, 0.15) is 45.6 Å². The van der Waals surface area contributed by atoms with Crippen molar-refractivity contribution in [3.8, 4) is 5.75 Å². The standard InChI is InChI=1S/C24H38N4O3/c1-5-20-17-28(21-16-18(4)8-9-22(21)31-20)24(30)27-13-10-19(11-14-27)23(29)25-12-15-26(6-2)7-3/h8-9,16,19-20H,5-7,10-15,17H2,1-4H3,(H,25,29)/t20-/m0/s1. The molecule has 1 fully saturated rings. The van der Waals surface area contributed by atoms with Gasteiger partial charge in [0.1, 0.15) is 11.9 Å². The van der Waals surface area contributed by atoms with E-state index in [-0.39, 0.29) is 24.0 Å². The van der Waals surface area contributed by atoms with Gasteiger partial charge in [0.25, 0.3) is 0 Å². The smallest absolute Gasteiger partial charge is 0.324 e. The number of carbonyl (C=O) groups is 2. The van der Waals surface area contributed by atoms with Gasteiger partial charge in [0.05, 0.1) is 12.2 Å². The van der Waals surface area contributed by atoms with E-state index in [9.17, 15) is 9.59 Å². The molecule has 0 aliphatic carbocycles. The highest BCUT2D eigenvalue weighted by atomic mass is 16.5. The average molecular weight is 431 g/mol. The molecule has 0 spiro atoms. The van der Waals surface area contributed by atoms with E-state index in [1.54, 1.807) is 0 Å². The Balaban J connectivity index is 1.55. The van der Waals surface area contributed by atoms with Gasteiger partial charge in [0, 0.05) is 32.1 Å². The lowest BCUT2D eigenvalue weighted by atomic mass is 9.96. The largest absolute Gasteiger partial charge is 0.486 e. The molecular formula is C24H38N4O3. The van der Waals surface area contributed by atoms with Crippen LogP contribution in [-0.4, -0.2) is 73.7 Å². The van der Waals surface area contributed by atoms with Crippen LogP contribution >= 0.6 is 0 Å². The van der Waals surface area contributed by atoms with Gasteiger partial charge in [-0.2, -0.15) is 0 Å². The molecule has 2 aliphatic rings. The molecule has 0 bridgehead atoms. The molecule has 172 valence electrons. The minimum atomic E-state index is -0.0108. The van der Waals surface area contributed by atoms with Crippen LogP contribution in [0.3, 0.4) is 0 Å². The fourth-order valence-corrected chi connectivity index (χ4v) is 4.38. The van der Waals surface area contributed by atoms with Crippen molar-refractivity contribution in [1.29, 1.82) is 0 Å². The molecule has 3 amide bonds. The number of rotatable bonds is 7. The van der Waals surface area contributed by atoms with Crippen LogP contribution in [0.25, 0.3) is 0 Å². The highest BCUT2D eigenvalue weighted by Gasteiger charge is 2.34. The maximum Gasteiger partial charge on any atom is 0.324 e. The van der Waals surface area contributed by atoms with Crippen LogP contribution < -0.4 is 15.0 Å². The summed E-state index contributed by atoms with van der Waals surface area (Å²) in [7, 11) is 0. The normalized spacial score (nSPS) is 19.2. The maximum absolute atomic E-state index is 13.4. The van der Waals surface area contributed by atoms with Gasteiger partial charge < -0.3 is 19.9 Å². The fourth-order valence-electron chi connectivity index (χ4n) is 4.38. The molecule has 7 nitrogen and oxygen atoms in total. The number of hydrogen-bond donors (Lipinski definition) is 1. The molecular weight excluding hydrogens is 392 g/mol. The van der Waals surface area contributed by atoms with E-state index in [0.29, 0.717) is 39.0 Å². The van der Waals surface area contributed by atoms with Gasteiger partial charge in [-0.3, -0.25) is 9.69 Å². The summed E-state index contributed by atoms with van der Waals surface area (Å²) in [5.41, 5.74) is 1.96. The number of ether oxygens (including phenoxy) is 1. The highest BCUT2D eigenvalue weighted by Crippen LogP contribution is 2.36. The van der Waals surface area contributed by atoms with Crippen molar-refractivity contribution in [2.24, 2.45) is 5.92 Å². The molecule has 1 aromatic carbocycles. The Kier molecular flexibility index (Phi) is 8.18. The van der Waals surface area contributed by atoms with E-state index >= 15 is 0 Å². The lowest BCUT2D eigenvalue weighted by molar-refractivity contribution is -0.126. The summed E-state index contributed by atoms with van der Waals surface area (Å²) in [5.74, 6) is 0.889.